The topological polar surface area (TPSA) is 55.2 Å². The smallest absolute Gasteiger partial charge is 0.309 e. The van der Waals surface area contributed by atoms with Gasteiger partial charge in [-0.05, 0) is 29.5 Å². The van der Waals surface area contributed by atoms with Gasteiger partial charge in [0.15, 0.2) is 0 Å². The van der Waals surface area contributed by atoms with Crippen LogP contribution in [0.25, 0.3) is 0 Å². The quantitative estimate of drug-likeness (QED) is 0.689. The van der Waals surface area contributed by atoms with Gasteiger partial charge in [0.05, 0.1) is 4.92 Å². The van der Waals surface area contributed by atoms with Crippen LogP contribution < -0.4 is 5.32 Å². The van der Waals surface area contributed by atoms with Crippen LogP contribution in [0.15, 0.2) is 35.7 Å². The van der Waals surface area contributed by atoms with Gasteiger partial charge in [0.2, 0.25) is 0 Å². The van der Waals surface area contributed by atoms with Gasteiger partial charge in [-0.15, -0.1) is 0 Å². The Morgan fingerprint density at radius 3 is 2.58 bits per heavy atom. The Balaban J connectivity index is 1.58. The maximum absolute atomic E-state index is 10.6. The van der Waals surface area contributed by atoms with Gasteiger partial charge < -0.3 is 5.32 Å². The summed E-state index contributed by atoms with van der Waals surface area (Å²) < 4.78 is 0. The number of nitrogens with zero attached hydrogens (tertiary/aromatic N) is 1. The van der Waals surface area contributed by atoms with Gasteiger partial charge in [-0.1, -0.05) is 35.6 Å². The standard InChI is InChI=1S/C14H14N2O2S/c17-16(18)14-5-10(9-19-14)8-15-13-6-11-3-1-2-4-12(11)7-13/h1-5,9,13,15H,6-8H2. The number of thiophene rings is 1. The van der Waals surface area contributed by atoms with Crippen LogP contribution in [-0.4, -0.2) is 11.0 Å². The molecule has 2 aromatic rings. The number of rotatable bonds is 4. The predicted molar refractivity (Wildman–Crippen MR) is 75.5 cm³/mol. The lowest BCUT2D eigenvalue weighted by atomic mass is 10.1. The number of nitrogens with one attached hydrogen (secondary N) is 1. The van der Waals surface area contributed by atoms with Gasteiger partial charge in [-0.3, -0.25) is 10.1 Å². The highest BCUT2D eigenvalue weighted by Gasteiger charge is 2.20. The Labute approximate surface area is 115 Å². The zero-order valence-corrected chi connectivity index (χ0v) is 11.2. The van der Waals surface area contributed by atoms with Crippen molar-refractivity contribution in [3.8, 4) is 0 Å². The molecular weight excluding hydrogens is 260 g/mol. The molecule has 19 heavy (non-hydrogen) atoms. The van der Waals surface area contributed by atoms with E-state index in [9.17, 15) is 10.1 Å². The van der Waals surface area contributed by atoms with Gasteiger partial charge in [0, 0.05) is 24.0 Å². The second-order valence-corrected chi connectivity index (χ2v) is 5.69. The van der Waals surface area contributed by atoms with E-state index in [0.29, 0.717) is 12.6 Å². The van der Waals surface area contributed by atoms with Crippen molar-refractivity contribution in [3.05, 3.63) is 62.5 Å². The van der Waals surface area contributed by atoms with Crippen molar-refractivity contribution >= 4 is 16.3 Å². The van der Waals surface area contributed by atoms with E-state index in [2.05, 4.69) is 29.6 Å². The highest BCUT2D eigenvalue weighted by atomic mass is 32.1. The van der Waals surface area contributed by atoms with Crippen LogP contribution in [-0.2, 0) is 19.4 Å². The molecule has 1 aromatic heterocycles. The van der Waals surface area contributed by atoms with Gasteiger partial charge in [0.25, 0.3) is 0 Å². The summed E-state index contributed by atoms with van der Waals surface area (Å²) >= 11 is 1.19. The molecule has 0 saturated carbocycles. The fourth-order valence-electron chi connectivity index (χ4n) is 2.52. The third-order valence-corrected chi connectivity index (χ3v) is 4.39. The van der Waals surface area contributed by atoms with Crippen LogP contribution in [0.4, 0.5) is 5.00 Å². The zero-order valence-electron chi connectivity index (χ0n) is 10.3. The highest BCUT2D eigenvalue weighted by molar-refractivity contribution is 7.13. The average molecular weight is 274 g/mol. The maximum atomic E-state index is 10.6. The molecule has 0 saturated heterocycles. The Morgan fingerprint density at radius 1 is 1.32 bits per heavy atom. The third-order valence-electron chi connectivity index (χ3n) is 3.47. The fourth-order valence-corrected chi connectivity index (χ4v) is 3.25. The molecule has 0 spiro atoms. The monoisotopic (exact) mass is 274 g/mol. The first-order valence-corrected chi connectivity index (χ1v) is 7.12. The van der Waals surface area contributed by atoms with E-state index in [1.807, 2.05) is 5.38 Å². The minimum atomic E-state index is -0.334. The number of benzene rings is 1. The molecule has 1 N–H and O–H groups in total. The van der Waals surface area contributed by atoms with Crippen molar-refractivity contribution in [2.24, 2.45) is 0 Å². The lowest BCUT2D eigenvalue weighted by Gasteiger charge is -2.10. The molecule has 0 aliphatic heterocycles. The van der Waals surface area contributed by atoms with Crippen LogP contribution in [0.5, 0.6) is 0 Å². The average Bonchev–Trinajstić information content (AvgIpc) is 3.02. The van der Waals surface area contributed by atoms with E-state index >= 15 is 0 Å². The van der Waals surface area contributed by atoms with E-state index in [0.717, 1.165) is 18.4 Å². The summed E-state index contributed by atoms with van der Waals surface area (Å²) in [6.07, 6.45) is 2.09. The summed E-state index contributed by atoms with van der Waals surface area (Å²) in [6, 6.07) is 10.6. The normalized spacial score (nSPS) is 14.5. The predicted octanol–water partition coefficient (Wildman–Crippen LogP) is 2.91. The Bertz CT molecular complexity index is 584. The van der Waals surface area contributed by atoms with Crippen molar-refractivity contribution in [1.29, 1.82) is 0 Å². The fraction of sp³-hybridized carbons (Fsp3) is 0.286. The van der Waals surface area contributed by atoms with Crippen LogP contribution >= 0.6 is 11.3 Å². The van der Waals surface area contributed by atoms with Gasteiger partial charge in [-0.2, -0.15) is 0 Å². The van der Waals surface area contributed by atoms with Gasteiger partial charge in [-0.25, -0.2) is 0 Å². The third kappa shape index (κ3) is 2.67. The summed E-state index contributed by atoms with van der Waals surface area (Å²) in [5.41, 5.74) is 3.82. The van der Waals surface area contributed by atoms with Crippen LogP contribution in [0.2, 0.25) is 0 Å². The Morgan fingerprint density at radius 2 is 2.00 bits per heavy atom. The zero-order chi connectivity index (χ0) is 13.2. The van der Waals surface area contributed by atoms with E-state index in [1.165, 1.54) is 22.5 Å². The van der Waals surface area contributed by atoms with Crippen molar-refractivity contribution < 1.29 is 4.92 Å². The largest absolute Gasteiger partial charge is 0.324 e. The second kappa shape index (κ2) is 5.11. The highest BCUT2D eigenvalue weighted by Crippen LogP contribution is 2.24. The molecule has 5 heteroatoms. The Kier molecular flexibility index (Phi) is 3.31. The molecular formula is C14H14N2O2S. The minimum absolute atomic E-state index is 0.214. The van der Waals surface area contributed by atoms with E-state index in [4.69, 9.17) is 0 Å². The van der Waals surface area contributed by atoms with E-state index < -0.39 is 0 Å². The molecule has 0 atom stereocenters. The summed E-state index contributed by atoms with van der Waals surface area (Å²) in [4.78, 5) is 10.3. The molecule has 3 rings (SSSR count). The van der Waals surface area contributed by atoms with Gasteiger partial charge in [0.1, 0.15) is 0 Å². The molecule has 0 amide bonds. The van der Waals surface area contributed by atoms with E-state index in [1.54, 1.807) is 6.07 Å². The van der Waals surface area contributed by atoms with E-state index in [-0.39, 0.29) is 9.92 Å². The van der Waals surface area contributed by atoms with Crippen LogP contribution in [0.1, 0.15) is 16.7 Å². The number of fused-ring (bicyclic) bond motifs is 1. The molecule has 0 radical (unpaired) electrons. The van der Waals surface area contributed by atoms with Crippen molar-refractivity contribution in [2.45, 2.75) is 25.4 Å². The molecule has 1 heterocycles. The first-order chi connectivity index (χ1) is 9.22. The molecule has 0 bridgehead atoms. The lowest BCUT2D eigenvalue weighted by Crippen LogP contribution is -2.28. The molecule has 98 valence electrons. The lowest BCUT2D eigenvalue weighted by molar-refractivity contribution is -0.380. The number of hydrogen-bond acceptors (Lipinski definition) is 4. The van der Waals surface area contributed by atoms with Crippen molar-refractivity contribution in [3.63, 3.8) is 0 Å². The van der Waals surface area contributed by atoms with Gasteiger partial charge >= 0.3 is 5.00 Å². The first kappa shape index (κ1) is 12.3. The number of hydrogen-bond donors (Lipinski definition) is 1. The SMILES string of the molecule is O=[N+]([O-])c1cc(CNC2Cc3ccccc3C2)cs1. The molecule has 4 nitrogen and oxygen atoms in total. The second-order valence-electron chi connectivity index (χ2n) is 4.81. The molecule has 1 aromatic carbocycles. The molecule has 0 fully saturated rings. The summed E-state index contributed by atoms with van der Waals surface area (Å²) in [7, 11) is 0. The number of nitro groups is 1. The summed E-state index contributed by atoms with van der Waals surface area (Å²) in [5, 5.41) is 16.2. The summed E-state index contributed by atoms with van der Waals surface area (Å²) in [6.45, 7) is 0.697. The maximum Gasteiger partial charge on any atom is 0.324 e. The van der Waals surface area contributed by atoms with Crippen LogP contribution in [0, 0.1) is 10.1 Å². The molecule has 1 aliphatic rings. The molecule has 0 unspecified atom stereocenters. The van der Waals surface area contributed by atoms with Crippen molar-refractivity contribution in [2.75, 3.05) is 0 Å². The summed E-state index contributed by atoms with van der Waals surface area (Å²) in [5.74, 6) is 0. The minimum Gasteiger partial charge on any atom is -0.309 e. The van der Waals surface area contributed by atoms with Crippen molar-refractivity contribution in [1.82, 2.24) is 5.32 Å². The molecule has 1 aliphatic carbocycles. The van der Waals surface area contributed by atoms with Crippen LogP contribution in [0.3, 0.4) is 0 Å². The first-order valence-electron chi connectivity index (χ1n) is 6.24. The Hall–Kier alpha value is -1.72.